The molecule has 1 N–H and O–H groups in total. The average molecular weight is 212 g/mol. The maximum absolute atomic E-state index is 8.61. The molecule has 1 aliphatic heterocycles. The lowest BCUT2D eigenvalue weighted by molar-refractivity contribution is 0.489. The summed E-state index contributed by atoms with van der Waals surface area (Å²) in [7, 11) is 0. The second-order valence-electron chi connectivity index (χ2n) is 3.86. The van der Waals surface area contributed by atoms with Crippen molar-refractivity contribution in [3.05, 3.63) is 0 Å². The number of nitriles is 1. The zero-order valence-corrected chi connectivity index (χ0v) is 9.78. The van der Waals surface area contributed by atoms with Crippen LogP contribution in [0.4, 0.5) is 0 Å². The van der Waals surface area contributed by atoms with Crippen LogP contribution in [-0.4, -0.2) is 23.6 Å². The predicted molar refractivity (Wildman–Crippen MR) is 62.4 cm³/mol. The molecule has 1 saturated heterocycles. The number of rotatable bonds is 5. The van der Waals surface area contributed by atoms with Crippen LogP contribution >= 0.6 is 11.8 Å². The van der Waals surface area contributed by atoms with Crippen LogP contribution in [0, 0.1) is 11.3 Å². The highest BCUT2D eigenvalue weighted by molar-refractivity contribution is 7.99. The van der Waals surface area contributed by atoms with Gasteiger partial charge < -0.3 is 5.32 Å². The minimum absolute atomic E-state index is 0.405. The third kappa shape index (κ3) is 4.34. The molecular formula is C11H20N2S. The van der Waals surface area contributed by atoms with E-state index >= 15 is 0 Å². The van der Waals surface area contributed by atoms with E-state index in [1.807, 2.05) is 0 Å². The van der Waals surface area contributed by atoms with Crippen LogP contribution in [0.3, 0.4) is 0 Å². The van der Waals surface area contributed by atoms with E-state index in [-0.39, 0.29) is 0 Å². The summed E-state index contributed by atoms with van der Waals surface area (Å²) < 4.78 is 0. The second kappa shape index (κ2) is 7.14. The van der Waals surface area contributed by atoms with E-state index in [2.05, 4.69) is 30.1 Å². The van der Waals surface area contributed by atoms with Gasteiger partial charge in [-0.15, -0.1) is 0 Å². The van der Waals surface area contributed by atoms with Gasteiger partial charge in [-0.05, 0) is 25.0 Å². The highest BCUT2D eigenvalue weighted by atomic mass is 32.2. The number of hydrogen-bond acceptors (Lipinski definition) is 3. The summed E-state index contributed by atoms with van der Waals surface area (Å²) >= 11 is 2.09. The lowest BCUT2D eigenvalue weighted by Gasteiger charge is -2.23. The standard InChI is InChI=1S/C11H20N2S/c1-2-10(6-7-12)13-9-11-5-3-4-8-14-11/h10-11,13H,2-6,8-9H2,1H3. The van der Waals surface area contributed by atoms with Crippen LogP contribution < -0.4 is 5.32 Å². The number of nitrogens with zero attached hydrogens (tertiary/aromatic N) is 1. The molecule has 0 aromatic carbocycles. The van der Waals surface area contributed by atoms with Crippen molar-refractivity contribution in [2.75, 3.05) is 12.3 Å². The Morgan fingerprint density at radius 1 is 1.57 bits per heavy atom. The van der Waals surface area contributed by atoms with Crippen LogP contribution in [0.1, 0.15) is 39.0 Å². The highest BCUT2D eigenvalue weighted by Gasteiger charge is 2.15. The monoisotopic (exact) mass is 212 g/mol. The van der Waals surface area contributed by atoms with Crippen LogP contribution in [0.25, 0.3) is 0 Å². The van der Waals surface area contributed by atoms with E-state index in [1.54, 1.807) is 0 Å². The van der Waals surface area contributed by atoms with Gasteiger partial charge in [0.1, 0.15) is 0 Å². The van der Waals surface area contributed by atoms with Gasteiger partial charge in [0.05, 0.1) is 12.5 Å². The molecule has 1 heterocycles. The predicted octanol–water partition coefficient (Wildman–Crippen LogP) is 2.55. The molecular weight excluding hydrogens is 192 g/mol. The Labute approximate surface area is 91.4 Å². The molecule has 0 aromatic heterocycles. The van der Waals surface area contributed by atoms with Crippen LogP contribution in [0.5, 0.6) is 0 Å². The molecule has 1 rings (SSSR count). The number of nitrogens with one attached hydrogen (secondary N) is 1. The first kappa shape index (κ1) is 11.9. The molecule has 0 spiro atoms. The zero-order valence-electron chi connectivity index (χ0n) is 8.96. The van der Waals surface area contributed by atoms with Crippen LogP contribution in [-0.2, 0) is 0 Å². The maximum Gasteiger partial charge on any atom is 0.0638 e. The molecule has 2 atom stereocenters. The van der Waals surface area contributed by atoms with E-state index in [0.717, 1.165) is 18.2 Å². The van der Waals surface area contributed by atoms with Crippen molar-refractivity contribution in [1.29, 1.82) is 5.26 Å². The molecule has 1 fully saturated rings. The molecule has 0 radical (unpaired) electrons. The molecule has 0 amide bonds. The minimum atomic E-state index is 0.405. The van der Waals surface area contributed by atoms with E-state index < -0.39 is 0 Å². The number of hydrogen-bond donors (Lipinski definition) is 1. The van der Waals surface area contributed by atoms with Crippen molar-refractivity contribution in [3.8, 4) is 6.07 Å². The smallest absolute Gasteiger partial charge is 0.0638 e. The zero-order chi connectivity index (χ0) is 10.2. The molecule has 1 aliphatic rings. The van der Waals surface area contributed by atoms with Crippen molar-refractivity contribution in [1.82, 2.24) is 5.32 Å². The fraction of sp³-hybridized carbons (Fsp3) is 0.909. The van der Waals surface area contributed by atoms with Crippen LogP contribution in [0.15, 0.2) is 0 Å². The van der Waals surface area contributed by atoms with Crippen molar-refractivity contribution in [2.45, 2.75) is 50.3 Å². The molecule has 3 heteroatoms. The Kier molecular flexibility index (Phi) is 6.05. The van der Waals surface area contributed by atoms with Gasteiger partial charge in [0.25, 0.3) is 0 Å². The molecule has 0 aromatic rings. The highest BCUT2D eigenvalue weighted by Crippen LogP contribution is 2.24. The van der Waals surface area contributed by atoms with Gasteiger partial charge in [0.15, 0.2) is 0 Å². The Hall–Kier alpha value is -0.200. The van der Waals surface area contributed by atoms with E-state index in [1.165, 1.54) is 25.0 Å². The van der Waals surface area contributed by atoms with E-state index in [0.29, 0.717) is 12.5 Å². The lowest BCUT2D eigenvalue weighted by Crippen LogP contribution is -2.34. The fourth-order valence-electron chi connectivity index (χ4n) is 1.74. The molecule has 2 unspecified atom stereocenters. The summed E-state index contributed by atoms with van der Waals surface area (Å²) in [5.41, 5.74) is 0. The summed E-state index contributed by atoms with van der Waals surface area (Å²) in [6.07, 6.45) is 5.82. The largest absolute Gasteiger partial charge is 0.312 e. The van der Waals surface area contributed by atoms with E-state index in [4.69, 9.17) is 5.26 Å². The van der Waals surface area contributed by atoms with Crippen molar-refractivity contribution < 1.29 is 0 Å². The molecule has 0 bridgehead atoms. The van der Waals surface area contributed by atoms with Gasteiger partial charge in [-0.2, -0.15) is 17.0 Å². The Bertz CT molecular complexity index is 182. The van der Waals surface area contributed by atoms with Crippen LogP contribution in [0.2, 0.25) is 0 Å². The molecule has 80 valence electrons. The van der Waals surface area contributed by atoms with Gasteiger partial charge in [0.2, 0.25) is 0 Å². The first-order valence-corrected chi connectivity index (χ1v) is 6.63. The summed E-state index contributed by atoms with van der Waals surface area (Å²) in [5.74, 6) is 1.32. The van der Waals surface area contributed by atoms with Crippen molar-refractivity contribution in [3.63, 3.8) is 0 Å². The molecule has 14 heavy (non-hydrogen) atoms. The lowest BCUT2D eigenvalue weighted by atomic mass is 10.1. The van der Waals surface area contributed by atoms with E-state index in [9.17, 15) is 0 Å². The topological polar surface area (TPSA) is 35.8 Å². The molecule has 2 nitrogen and oxygen atoms in total. The Morgan fingerprint density at radius 2 is 2.43 bits per heavy atom. The minimum Gasteiger partial charge on any atom is -0.312 e. The third-order valence-electron chi connectivity index (χ3n) is 2.74. The fourth-order valence-corrected chi connectivity index (χ4v) is 2.99. The SMILES string of the molecule is CCC(CC#N)NCC1CCCCS1. The Morgan fingerprint density at radius 3 is 3.00 bits per heavy atom. The Balaban J connectivity index is 2.14. The normalized spacial score (nSPS) is 24.1. The van der Waals surface area contributed by atoms with Gasteiger partial charge in [-0.25, -0.2) is 0 Å². The molecule has 0 aliphatic carbocycles. The van der Waals surface area contributed by atoms with Gasteiger partial charge in [0, 0.05) is 17.8 Å². The average Bonchev–Trinajstić information content (AvgIpc) is 2.25. The summed E-state index contributed by atoms with van der Waals surface area (Å²) in [4.78, 5) is 0. The van der Waals surface area contributed by atoms with Crippen molar-refractivity contribution >= 4 is 11.8 Å². The third-order valence-corrected chi connectivity index (χ3v) is 4.14. The number of thioether (sulfide) groups is 1. The van der Waals surface area contributed by atoms with Gasteiger partial charge in [-0.1, -0.05) is 13.3 Å². The summed E-state index contributed by atoms with van der Waals surface area (Å²) in [6, 6.07) is 2.64. The van der Waals surface area contributed by atoms with Gasteiger partial charge in [-0.3, -0.25) is 0 Å². The first-order chi connectivity index (χ1) is 6.86. The summed E-state index contributed by atoms with van der Waals surface area (Å²) in [6.45, 7) is 3.23. The van der Waals surface area contributed by atoms with Gasteiger partial charge >= 0.3 is 0 Å². The van der Waals surface area contributed by atoms with Crippen molar-refractivity contribution in [2.24, 2.45) is 0 Å². The second-order valence-corrected chi connectivity index (χ2v) is 5.27. The summed E-state index contributed by atoms with van der Waals surface area (Å²) in [5, 5.41) is 12.9. The molecule has 0 saturated carbocycles. The quantitative estimate of drug-likeness (QED) is 0.761. The maximum atomic E-state index is 8.61. The first-order valence-electron chi connectivity index (χ1n) is 5.58.